The molecule has 2 aromatic rings. The normalized spacial score (nSPS) is 25.6. The van der Waals surface area contributed by atoms with E-state index in [9.17, 15) is 14.0 Å². The molecule has 4 atom stereocenters. The molecule has 1 saturated heterocycles. The summed E-state index contributed by atoms with van der Waals surface area (Å²) in [7, 11) is 1.67. The summed E-state index contributed by atoms with van der Waals surface area (Å²) in [6, 6.07) is 13.7. The number of benzene rings is 2. The fourth-order valence-electron chi connectivity index (χ4n) is 5.01. The number of hydrogen-bond acceptors (Lipinski definition) is 3. The molecular formula is C24H27FN2O3. The molecule has 1 heterocycles. The Balaban J connectivity index is 1.55. The third-order valence-electron chi connectivity index (χ3n) is 6.42. The number of halogens is 1. The molecule has 0 bridgehead atoms. The zero-order chi connectivity index (χ0) is 21.3. The first-order chi connectivity index (χ1) is 14.5. The Kier molecular flexibility index (Phi) is 5.86. The van der Waals surface area contributed by atoms with Crippen molar-refractivity contribution in [3.8, 4) is 11.1 Å². The Morgan fingerprint density at radius 2 is 1.63 bits per heavy atom. The highest BCUT2D eigenvalue weighted by molar-refractivity contribution is 6.01. The second-order valence-corrected chi connectivity index (χ2v) is 8.31. The van der Waals surface area contributed by atoms with Gasteiger partial charge in [-0.2, -0.15) is 0 Å². The minimum atomic E-state index is -0.339. The maximum absolute atomic E-state index is 14.4. The minimum absolute atomic E-state index is 0.0329. The molecule has 6 heteroatoms. The Hall–Kier alpha value is -2.73. The number of nitrogens with zero attached hydrogens (tertiary/aromatic N) is 1. The van der Waals surface area contributed by atoms with E-state index in [2.05, 4.69) is 5.32 Å². The van der Waals surface area contributed by atoms with Gasteiger partial charge in [-0.3, -0.25) is 9.59 Å². The predicted molar refractivity (Wildman–Crippen MR) is 112 cm³/mol. The van der Waals surface area contributed by atoms with Crippen LogP contribution in [-0.4, -0.2) is 49.1 Å². The van der Waals surface area contributed by atoms with Gasteiger partial charge in [-0.05, 0) is 42.4 Å². The van der Waals surface area contributed by atoms with Crippen molar-refractivity contribution in [1.29, 1.82) is 0 Å². The summed E-state index contributed by atoms with van der Waals surface area (Å²) in [6.07, 6.45) is 1.56. The average molecular weight is 410 g/mol. The smallest absolute Gasteiger partial charge is 0.254 e. The van der Waals surface area contributed by atoms with E-state index in [1.165, 1.54) is 13.0 Å². The number of nitrogens with one attached hydrogen (secondary N) is 1. The quantitative estimate of drug-likeness (QED) is 0.839. The number of carbonyl (C=O) groups excluding carboxylic acids is 2. The van der Waals surface area contributed by atoms with Gasteiger partial charge in [-0.1, -0.05) is 36.4 Å². The highest BCUT2D eigenvalue weighted by Gasteiger charge is 2.44. The Morgan fingerprint density at radius 3 is 2.30 bits per heavy atom. The molecule has 0 unspecified atom stereocenters. The van der Waals surface area contributed by atoms with E-state index in [4.69, 9.17) is 4.74 Å². The first-order valence-corrected chi connectivity index (χ1v) is 10.4. The molecule has 1 aliphatic heterocycles. The molecule has 2 amide bonds. The van der Waals surface area contributed by atoms with Crippen molar-refractivity contribution in [2.24, 2.45) is 11.8 Å². The van der Waals surface area contributed by atoms with E-state index in [1.807, 2.05) is 17.0 Å². The molecule has 0 radical (unpaired) electrons. The van der Waals surface area contributed by atoms with Crippen molar-refractivity contribution in [2.75, 3.05) is 20.2 Å². The van der Waals surface area contributed by atoms with Gasteiger partial charge in [-0.15, -0.1) is 0 Å². The molecule has 0 spiro atoms. The second kappa shape index (κ2) is 8.56. The van der Waals surface area contributed by atoms with Crippen molar-refractivity contribution in [3.05, 3.63) is 59.9 Å². The van der Waals surface area contributed by atoms with E-state index in [0.29, 0.717) is 41.6 Å². The van der Waals surface area contributed by atoms with Crippen LogP contribution in [0, 0.1) is 17.7 Å². The standard InChI is InChI=1S/C24H27FN2O3/c1-15(28)26-22-11-16-13-27(14-17(16)12-23(22)30-2)24(29)20-9-4-3-7-18(20)19-8-5-6-10-21(19)25/h3-10,16-17,22-23H,11-14H2,1-2H3,(H,26,28)/t16-,17+,22-,23-/m1/s1. The summed E-state index contributed by atoms with van der Waals surface area (Å²) < 4.78 is 20.0. The van der Waals surface area contributed by atoms with Gasteiger partial charge in [0.25, 0.3) is 5.91 Å². The second-order valence-electron chi connectivity index (χ2n) is 8.31. The lowest BCUT2D eigenvalue weighted by Crippen LogP contribution is -2.49. The molecule has 5 nitrogen and oxygen atoms in total. The van der Waals surface area contributed by atoms with Gasteiger partial charge in [0.15, 0.2) is 0 Å². The lowest BCUT2D eigenvalue weighted by Gasteiger charge is -2.37. The van der Waals surface area contributed by atoms with E-state index in [-0.39, 0.29) is 29.8 Å². The van der Waals surface area contributed by atoms with Crippen LogP contribution in [0.5, 0.6) is 0 Å². The van der Waals surface area contributed by atoms with Crippen LogP contribution < -0.4 is 5.32 Å². The topological polar surface area (TPSA) is 58.6 Å². The lowest BCUT2D eigenvalue weighted by molar-refractivity contribution is -0.121. The maximum Gasteiger partial charge on any atom is 0.254 e. The zero-order valence-electron chi connectivity index (χ0n) is 17.3. The van der Waals surface area contributed by atoms with Crippen molar-refractivity contribution in [1.82, 2.24) is 10.2 Å². The van der Waals surface area contributed by atoms with Crippen LogP contribution in [0.25, 0.3) is 11.1 Å². The summed E-state index contributed by atoms with van der Waals surface area (Å²) in [5, 5.41) is 3.00. The molecule has 1 saturated carbocycles. The average Bonchev–Trinajstić information content (AvgIpc) is 3.15. The third kappa shape index (κ3) is 3.97. The van der Waals surface area contributed by atoms with Crippen LogP contribution in [0.2, 0.25) is 0 Å². The molecule has 30 heavy (non-hydrogen) atoms. The SMILES string of the molecule is CO[C@@H]1C[C@H]2CN(C(=O)c3ccccc3-c3ccccc3F)C[C@H]2C[C@H]1NC(C)=O. The number of likely N-dealkylation sites (tertiary alicyclic amines) is 1. The molecule has 4 rings (SSSR count). The number of hydrogen-bond donors (Lipinski definition) is 1. The first kappa shape index (κ1) is 20.5. The maximum atomic E-state index is 14.4. The van der Waals surface area contributed by atoms with Gasteiger partial charge in [0.1, 0.15) is 5.82 Å². The highest BCUT2D eigenvalue weighted by Crippen LogP contribution is 2.38. The van der Waals surface area contributed by atoms with Crippen LogP contribution >= 0.6 is 0 Å². The summed E-state index contributed by atoms with van der Waals surface area (Å²) in [5.41, 5.74) is 1.56. The monoisotopic (exact) mass is 410 g/mol. The van der Waals surface area contributed by atoms with E-state index in [0.717, 1.165) is 12.8 Å². The Bertz CT molecular complexity index is 948. The van der Waals surface area contributed by atoms with Crippen LogP contribution in [-0.2, 0) is 9.53 Å². The molecule has 1 aliphatic carbocycles. The first-order valence-electron chi connectivity index (χ1n) is 10.4. The van der Waals surface area contributed by atoms with E-state index in [1.54, 1.807) is 37.4 Å². The van der Waals surface area contributed by atoms with Gasteiger partial charge in [0, 0.05) is 38.2 Å². The lowest BCUT2D eigenvalue weighted by atomic mass is 9.77. The van der Waals surface area contributed by atoms with Crippen LogP contribution in [0.15, 0.2) is 48.5 Å². The number of fused-ring (bicyclic) bond motifs is 1. The molecule has 2 aliphatic rings. The van der Waals surface area contributed by atoms with Crippen LogP contribution in [0.3, 0.4) is 0 Å². The van der Waals surface area contributed by atoms with Crippen molar-refractivity contribution >= 4 is 11.8 Å². The largest absolute Gasteiger partial charge is 0.379 e. The summed E-state index contributed by atoms with van der Waals surface area (Å²) in [4.78, 5) is 26.8. The minimum Gasteiger partial charge on any atom is -0.379 e. The summed E-state index contributed by atoms with van der Waals surface area (Å²) >= 11 is 0. The van der Waals surface area contributed by atoms with E-state index >= 15 is 0 Å². The third-order valence-corrected chi connectivity index (χ3v) is 6.42. The van der Waals surface area contributed by atoms with Crippen molar-refractivity contribution in [3.63, 3.8) is 0 Å². The molecule has 0 aromatic heterocycles. The fourth-order valence-corrected chi connectivity index (χ4v) is 5.01. The number of carbonyl (C=O) groups is 2. The van der Waals surface area contributed by atoms with Crippen LogP contribution in [0.4, 0.5) is 4.39 Å². The van der Waals surface area contributed by atoms with Crippen LogP contribution in [0.1, 0.15) is 30.1 Å². The number of amides is 2. The van der Waals surface area contributed by atoms with Gasteiger partial charge >= 0.3 is 0 Å². The predicted octanol–water partition coefficient (Wildman–Crippen LogP) is 3.49. The number of rotatable bonds is 4. The fraction of sp³-hybridized carbons (Fsp3) is 0.417. The number of ether oxygens (including phenoxy) is 1. The van der Waals surface area contributed by atoms with Gasteiger partial charge in [0.2, 0.25) is 5.91 Å². The Labute approximate surface area is 176 Å². The highest BCUT2D eigenvalue weighted by atomic mass is 19.1. The number of methoxy groups -OCH3 is 1. The van der Waals surface area contributed by atoms with E-state index < -0.39 is 0 Å². The molecule has 1 N–H and O–H groups in total. The molecular weight excluding hydrogens is 383 g/mol. The Morgan fingerprint density at radius 1 is 1.00 bits per heavy atom. The summed E-state index contributed by atoms with van der Waals surface area (Å²) in [6.45, 7) is 2.81. The van der Waals surface area contributed by atoms with Gasteiger partial charge < -0.3 is 15.0 Å². The molecule has 158 valence electrons. The molecule has 2 aromatic carbocycles. The van der Waals surface area contributed by atoms with Gasteiger partial charge in [0.05, 0.1) is 12.1 Å². The molecule has 2 fully saturated rings. The van der Waals surface area contributed by atoms with Crippen molar-refractivity contribution < 1.29 is 18.7 Å². The zero-order valence-corrected chi connectivity index (χ0v) is 17.3. The van der Waals surface area contributed by atoms with Crippen molar-refractivity contribution in [2.45, 2.75) is 31.9 Å². The van der Waals surface area contributed by atoms with Gasteiger partial charge in [-0.25, -0.2) is 4.39 Å². The summed E-state index contributed by atoms with van der Waals surface area (Å²) in [5.74, 6) is 0.176.